The third-order valence-corrected chi connectivity index (χ3v) is 3.31. The van der Waals surface area contributed by atoms with Crippen molar-refractivity contribution in [3.8, 4) is 0 Å². The summed E-state index contributed by atoms with van der Waals surface area (Å²) in [4.78, 5) is 24.1. The SMILES string of the molecule is Cc1cc(NC(=O)[C@H](C)OC(=O)c2ccc(COC(C)C)cc2)no1. The smallest absolute Gasteiger partial charge is 0.338 e. The van der Waals surface area contributed by atoms with E-state index in [0.29, 0.717) is 17.9 Å². The maximum Gasteiger partial charge on any atom is 0.338 e. The molecule has 1 aromatic carbocycles. The van der Waals surface area contributed by atoms with E-state index in [1.54, 1.807) is 37.3 Å². The Hall–Kier alpha value is -2.67. The molecule has 2 aromatic rings. The minimum Gasteiger partial charge on any atom is -0.449 e. The molecule has 0 aliphatic carbocycles. The molecule has 0 aliphatic rings. The van der Waals surface area contributed by atoms with Gasteiger partial charge in [0.2, 0.25) is 0 Å². The van der Waals surface area contributed by atoms with Crippen LogP contribution in [0.15, 0.2) is 34.9 Å². The average Bonchev–Trinajstić information content (AvgIpc) is 2.98. The summed E-state index contributed by atoms with van der Waals surface area (Å²) in [5.41, 5.74) is 1.32. The summed E-state index contributed by atoms with van der Waals surface area (Å²) in [5, 5.41) is 6.17. The number of benzene rings is 1. The van der Waals surface area contributed by atoms with Gasteiger partial charge in [0.05, 0.1) is 18.3 Å². The zero-order valence-corrected chi connectivity index (χ0v) is 14.7. The van der Waals surface area contributed by atoms with Gasteiger partial charge in [-0.15, -0.1) is 0 Å². The van der Waals surface area contributed by atoms with Crippen LogP contribution in [0.2, 0.25) is 0 Å². The summed E-state index contributed by atoms with van der Waals surface area (Å²) in [5.74, 6) is -0.208. The van der Waals surface area contributed by atoms with Gasteiger partial charge in [0, 0.05) is 6.07 Å². The molecular formula is C18H22N2O5. The number of hydrogen-bond donors (Lipinski definition) is 1. The lowest BCUT2D eigenvalue weighted by Crippen LogP contribution is -2.30. The number of carbonyl (C=O) groups is 2. The number of carbonyl (C=O) groups excluding carboxylic acids is 2. The molecule has 1 aromatic heterocycles. The lowest BCUT2D eigenvalue weighted by molar-refractivity contribution is -0.123. The first-order chi connectivity index (χ1) is 11.8. The van der Waals surface area contributed by atoms with Gasteiger partial charge in [-0.3, -0.25) is 4.79 Å². The summed E-state index contributed by atoms with van der Waals surface area (Å²) in [6.45, 7) is 7.59. The molecule has 0 saturated heterocycles. The van der Waals surface area contributed by atoms with Crippen molar-refractivity contribution in [3.63, 3.8) is 0 Å². The monoisotopic (exact) mass is 346 g/mol. The number of ether oxygens (including phenoxy) is 2. The number of anilines is 1. The molecule has 0 radical (unpaired) electrons. The van der Waals surface area contributed by atoms with Crippen LogP contribution in [0.4, 0.5) is 5.82 Å². The van der Waals surface area contributed by atoms with Crippen molar-refractivity contribution in [3.05, 3.63) is 47.2 Å². The first-order valence-corrected chi connectivity index (χ1v) is 8.01. The van der Waals surface area contributed by atoms with Crippen LogP contribution in [-0.4, -0.2) is 29.2 Å². The maximum absolute atomic E-state index is 12.1. The molecule has 0 fully saturated rings. The molecule has 25 heavy (non-hydrogen) atoms. The van der Waals surface area contributed by atoms with Crippen LogP contribution in [0.1, 0.15) is 42.5 Å². The molecule has 1 amide bonds. The summed E-state index contributed by atoms with van der Waals surface area (Å²) in [6.07, 6.45) is -0.828. The van der Waals surface area contributed by atoms with Crippen LogP contribution >= 0.6 is 0 Å². The van der Waals surface area contributed by atoms with Gasteiger partial charge in [0.1, 0.15) is 5.76 Å². The van der Waals surface area contributed by atoms with Crippen LogP contribution in [-0.2, 0) is 20.9 Å². The van der Waals surface area contributed by atoms with Crippen molar-refractivity contribution >= 4 is 17.7 Å². The average molecular weight is 346 g/mol. The Bertz CT molecular complexity index is 721. The van der Waals surface area contributed by atoms with Crippen molar-refractivity contribution in [1.82, 2.24) is 5.16 Å². The van der Waals surface area contributed by atoms with E-state index >= 15 is 0 Å². The van der Waals surface area contributed by atoms with Gasteiger partial charge < -0.3 is 19.3 Å². The second-order valence-electron chi connectivity index (χ2n) is 5.92. The van der Waals surface area contributed by atoms with E-state index in [-0.39, 0.29) is 11.9 Å². The molecule has 1 atom stereocenters. The fourth-order valence-corrected chi connectivity index (χ4v) is 1.94. The van der Waals surface area contributed by atoms with E-state index in [9.17, 15) is 9.59 Å². The lowest BCUT2D eigenvalue weighted by Gasteiger charge is -2.12. The van der Waals surface area contributed by atoms with E-state index in [2.05, 4.69) is 10.5 Å². The molecule has 0 unspecified atom stereocenters. The third kappa shape index (κ3) is 5.72. The van der Waals surface area contributed by atoms with Crippen molar-refractivity contribution in [2.24, 2.45) is 0 Å². The molecule has 0 spiro atoms. The number of amides is 1. The number of nitrogens with one attached hydrogen (secondary N) is 1. The minimum absolute atomic E-state index is 0.137. The Morgan fingerprint density at radius 3 is 2.44 bits per heavy atom. The van der Waals surface area contributed by atoms with Gasteiger partial charge in [-0.2, -0.15) is 0 Å². The standard InChI is InChI=1S/C18H22N2O5/c1-11(2)23-10-14-5-7-15(8-6-14)18(22)24-13(4)17(21)19-16-9-12(3)25-20-16/h5-9,11,13H,10H2,1-4H3,(H,19,20,21)/t13-/m0/s1. The molecule has 7 nitrogen and oxygen atoms in total. The van der Waals surface area contributed by atoms with E-state index in [1.807, 2.05) is 13.8 Å². The molecule has 7 heteroatoms. The molecule has 1 N–H and O–H groups in total. The molecule has 0 aliphatic heterocycles. The van der Waals surface area contributed by atoms with Crippen molar-refractivity contribution < 1.29 is 23.6 Å². The zero-order valence-electron chi connectivity index (χ0n) is 14.7. The van der Waals surface area contributed by atoms with Crippen LogP contribution in [0, 0.1) is 6.92 Å². The fourth-order valence-electron chi connectivity index (χ4n) is 1.94. The van der Waals surface area contributed by atoms with E-state index in [1.165, 1.54) is 6.92 Å². The normalized spacial score (nSPS) is 12.0. The second kappa shape index (κ2) is 8.43. The van der Waals surface area contributed by atoms with Gasteiger partial charge >= 0.3 is 5.97 Å². The summed E-state index contributed by atoms with van der Waals surface area (Å²) < 4.78 is 15.5. The summed E-state index contributed by atoms with van der Waals surface area (Å²) >= 11 is 0. The van der Waals surface area contributed by atoms with Crippen LogP contribution in [0.5, 0.6) is 0 Å². The minimum atomic E-state index is -0.964. The highest BCUT2D eigenvalue weighted by molar-refractivity contribution is 5.96. The number of nitrogens with zero attached hydrogens (tertiary/aromatic N) is 1. The Morgan fingerprint density at radius 2 is 1.88 bits per heavy atom. The predicted molar refractivity (Wildman–Crippen MR) is 91.1 cm³/mol. The largest absolute Gasteiger partial charge is 0.449 e. The second-order valence-corrected chi connectivity index (χ2v) is 5.92. The maximum atomic E-state index is 12.1. The van der Waals surface area contributed by atoms with E-state index in [4.69, 9.17) is 14.0 Å². The Labute approximate surface area is 146 Å². The van der Waals surface area contributed by atoms with Gasteiger partial charge in [0.25, 0.3) is 5.91 Å². The number of rotatable bonds is 7. The van der Waals surface area contributed by atoms with Gasteiger partial charge in [-0.05, 0) is 45.4 Å². The molecule has 0 saturated carbocycles. The quantitative estimate of drug-likeness (QED) is 0.775. The van der Waals surface area contributed by atoms with Gasteiger partial charge in [-0.25, -0.2) is 4.79 Å². The number of aromatic nitrogens is 1. The highest BCUT2D eigenvalue weighted by atomic mass is 16.5. The topological polar surface area (TPSA) is 90.7 Å². The van der Waals surface area contributed by atoms with E-state index < -0.39 is 18.0 Å². The third-order valence-electron chi connectivity index (χ3n) is 3.31. The number of aryl methyl sites for hydroxylation is 1. The summed E-state index contributed by atoms with van der Waals surface area (Å²) in [6, 6.07) is 8.45. The molecular weight excluding hydrogens is 324 g/mol. The Kier molecular flexibility index (Phi) is 6.30. The van der Waals surface area contributed by atoms with Crippen LogP contribution in [0.3, 0.4) is 0 Å². The van der Waals surface area contributed by atoms with Crippen LogP contribution < -0.4 is 5.32 Å². The molecule has 134 valence electrons. The Balaban J connectivity index is 1.88. The summed E-state index contributed by atoms with van der Waals surface area (Å²) in [7, 11) is 0. The number of esters is 1. The molecule has 0 bridgehead atoms. The lowest BCUT2D eigenvalue weighted by atomic mass is 10.1. The van der Waals surface area contributed by atoms with E-state index in [0.717, 1.165) is 5.56 Å². The van der Waals surface area contributed by atoms with Gasteiger partial charge in [0.15, 0.2) is 11.9 Å². The number of hydrogen-bond acceptors (Lipinski definition) is 6. The first-order valence-electron chi connectivity index (χ1n) is 8.01. The van der Waals surface area contributed by atoms with Crippen molar-refractivity contribution in [2.75, 3.05) is 5.32 Å². The van der Waals surface area contributed by atoms with Crippen LogP contribution in [0.25, 0.3) is 0 Å². The van der Waals surface area contributed by atoms with Gasteiger partial charge in [-0.1, -0.05) is 17.3 Å². The molecule has 2 rings (SSSR count). The zero-order chi connectivity index (χ0) is 18.4. The first kappa shape index (κ1) is 18.7. The molecule has 1 heterocycles. The highest BCUT2D eigenvalue weighted by Gasteiger charge is 2.20. The van der Waals surface area contributed by atoms with Crippen molar-refractivity contribution in [1.29, 1.82) is 0 Å². The highest BCUT2D eigenvalue weighted by Crippen LogP contribution is 2.11. The van der Waals surface area contributed by atoms with Crippen molar-refractivity contribution in [2.45, 2.75) is 46.5 Å². The fraction of sp³-hybridized carbons (Fsp3) is 0.389. The Morgan fingerprint density at radius 1 is 1.20 bits per heavy atom. The predicted octanol–water partition coefficient (Wildman–Crippen LogP) is 3.09.